The minimum Gasteiger partial charge on any atom is -0.338 e. The molecule has 0 aliphatic carbocycles. The van der Waals surface area contributed by atoms with Crippen molar-refractivity contribution in [2.45, 2.75) is 37.6 Å². The molecule has 2 aromatic rings. The van der Waals surface area contributed by atoms with E-state index in [2.05, 4.69) is 0 Å². The highest BCUT2D eigenvalue weighted by atomic mass is 32.2. The van der Waals surface area contributed by atoms with Crippen molar-refractivity contribution in [2.75, 3.05) is 32.7 Å². The molecule has 4 rings (SSSR count). The SMILES string of the molecule is Cc1ccc(S(=O)(=O)N2CCCN(C(=O)c3ccc(CN4CCCC4=O)cc3)CC2)cc1. The number of carbonyl (C=O) groups excluding carboxylic acids is 2. The fourth-order valence-corrected chi connectivity index (χ4v) is 5.69. The first-order chi connectivity index (χ1) is 15.3. The average molecular weight is 456 g/mol. The number of sulfonamides is 1. The van der Waals surface area contributed by atoms with Crippen LogP contribution in [0.4, 0.5) is 0 Å². The number of benzene rings is 2. The van der Waals surface area contributed by atoms with Gasteiger partial charge in [0.2, 0.25) is 15.9 Å². The summed E-state index contributed by atoms with van der Waals surface area (Å²) < 4.78 is 27.5. The molecule has 0 saturated carbocycles. The fourth-order valence-electron chi connectivity index (χ4n) is 4.22. The van der Waals surface area contributed by atoms with E-state index in [4.69, 9.17) is 0 Å². The maximum absolute atomic E-state index is 13.0. The zero-order chi connectivity index (χ0) is 22.7. The molecule has 170 valence electrons. The zero-order valence-electron chi connectivity index (χ0n) is 18.4. The predicted molar refractivity (Wildman–Crippen MR) is 122 cm³/mol. The lowest BCUT2D eigenvalue weighted by molar-refractivity contribution is -0.128. The van der Waals surface area contributed by atoms with Crippen LogP contribution in [-0.4, -0.2) is 67.1 Å². The van der Waals surface area contributed by atoms with Crippen LogP contribution in [0.25, 0.3) is 0 Å². The van der Waals surface area contributed by atoms with Gasteiger partial charge in [-0.15, -0.1) is 0 Å². The number of aryl methyl sites for hydroxylation is 1. The molecule has 0 unspecified atom stereocenters. The van der Waals surface area contributed by atoms with Crippen LogP contribution in [0, 0.1) is 6.92 Å². The van der Waals surface area contributed by atoms with Crippen molar-refractivity contribution in [3.05, 3.63) is 65.2 Å². The van der Waals surface area contributed by atoms with Crippen molar-refractivity contribution in [1.82, 2.24) is 14.1 Å². The van der Waals surface area contributed by atoms with Crippen LogP contribution < -0.4 is 0 Å². The Bertz CT molecular complexity index is 1080. The van der Waals surface area contributed by atoms with Gasteiger partial charge in [-0.2, -0.15) is 4.31 Å². The molecule has 2 amide bonds. The Morgan fingerprint density at radius 3 is 2.25 bits per heavy atom. The van der Waals surface area contributed by atoms with E-state index in [1.54, 1.807) is 41.3 Å². The third kappa shape index (κ3) is 4.86. The van der Waals surface area contributed by atoms with Crippen LogP contribution in [0.2, 0.25) is 0 Å². The number of nitrogens with zero attached hydrogens (tertiary/aromatic N) is 3. The lowest BCUT2D eigenvalue weighted by Crippen LogP contribution is -2.37. The van der Waals surface area contributed by atoms with E-state index in [-0.39, 0.29) is 23.3 Å². The number of likely N-dealkylation sites (tertiary alicyclic amines) is 1. The second kappa shape index (κ2) is 9.42. The second-order valence-corrected chi connectivity index (χ2v) is 10.4. The first-order valence-corrected chi connectivity index (χ1v) is 12.5. The molecule has 0 atom stereocenters. The number of rotatable bonds is 5. The van der Waals surface area contributed by atoms with Gasteiger partial charge in [-0.05, 0) is 49.6 Å². The largest absolute Gasteiger partial charge is 0.338 e. The van der Waals surface area contributed by atoms with Gasteiger partial charge in [0.25, 0.3) is 5.91 Å². The Morgan fingerprint density at radius 2 is 1.59 bits per heavy atom. The molecule has 8 heteroatoms. The van der Waals surface area contributed by atoms with Gasteiger partial charge in [0, 0.05) is 51.3 Å². The molecule has 0 aromatic heterocycles. The summed E-state index contributed by atoms with van der Waals surface area (Å²) in [6, 6.07) is 14.2. The third-order valence-corrected chi connectivity index (χ3v) is 8.06. The minimum absolute atomic E-state index is 0.0941. The number of carbonyl (C=O) groups is 2. The highest BCUT2D eigenvalue weighted by Crippen LogP contribution is 2.20. The van der Waals surface area contributed by atoms with Crippen LogP contribution in [0.15, 0.2) is 53.4 Å². The zero-order valence-corrected chi connectivity index (χ0v) is 19.2. The number of amides is 2. The second-order valence-electron chi connectivity index (χ2n) is 8.48. The van der Waals surface area contributed by atoms with Gasteiger partial charge in [-0.3, -0.25) is 9.59 Å². The third-order valence-electron chi connectivity index (χ3n) is 6.15. The topological polar surface area (TPSA) is 78.0 Å². The lowest BCUT2D eigenvalue weighted by atomic mass is 10.1. The summed E-state index contributed by atoms with van der Waals surface area (Å²) in [6.07, 6.45) is 2.11. The smallest absolute Gasteiger partial charge is 0.253 e. The summed E-state index contributed by atoms with van der Waals surface area (Å²) in [5, 5.41) is 0. The molecule has 2 saturated heterocycles. The maximum atomic E-state index is 13.0. The van der Waals surface area contributed by atoms with E-state index in [0.29, 0.717) is 44.6 Å². The summed E-state index contributed by atoms with van der Waals surface area (Å²) in [5.74, 6) is 0.0863. The van der Waals surface area contributed by atoms with Crippen LogP contribution in [0.5, 0.6) is 0 Å². The fraction of sp³-hybridized carbons (Fsp3) is 0.417. The van der Waals surface area contributed by atoms with E-state index in [9.17, 15) is 18.0 Å². The quantitative estimate of drug-likeness (QED) is 0.695. The molecule has 2 aromatic carbocycles. The van der Waals surface area contributed by atoms with Gasteiger partial charge >= 0.3 is 0 Å². The Kier molecular flexibility index (Phi) is 6.62. The van der Waals surface area contributed by atoms with E-state index in [1.165, 1.54) is 4.31 Å². The van der Waals surface area contributed by atoms with Crippen LogP contribution >= 0.6 is 0 Å². The van der Waals surface area contributed by atoms with Gasteiger partial charge < -0.3 is 9.80 Å². The van der Waals surface area contributed by atoms with E-state index >= 15 is 0 Å². The Morgan fingerprint density at radius 1 is 0.875 bits per heavy atom. The summed E-state index contributed by atoms with van der Waals surface area (Å²) >= 11 is 0. The molecule has 2 aliphatic rings. The molecule has 32 heavy (non-hydrogen) atoms. The molecule has 2 aliphatic heterocycles. The molecule has 0 bridgehead atoms. The maximum Gasteiger partial charge on any atom is 0.253 e. The summed E-state index contributed by atoms with van der Waals surface area (Å²) in [7, 11) is -3.57. The highest BCUT2D eigenvalue weighted by Gasteiger charge is 2.28. The molecular formula is C24H29N3O4S. The van der Waals surface area contributed by atoms with Gasteiger partial charge in [0.15, 0.2) is 0 Å². The summed E-state index contributed by atoms with van der Waals surface area (Å²) in [6.45, 7) is 4.82. The van der Waals surface area contributed by atoms with E-state index in [0.717, 1.165) is 24.1 Å². The monoisotopic (exact) mass is 455 g/mol. The van der Waals surface area contributed by atoms with Gasteiger partial charge in [-0.1, -0.05) is 29.8 Å². The molecule has 0 spiro atoms. The van der Waals surface area contributed by atoms with Gasteiger partial charge in [0.05, 0.1) is 4.90 Å². The molecule has 0 radical (unpaired) electrons. The molecular weight excluding hydrogens is 426 g/mol. The highest BCUT2D eigenvalue weighted by molar-refractivity contribution is 7.89. The first kappa shape index (κ1) is 22.5. The molecule has 2 heterocycles. The van der Waals surface area contributed by atoms with Crippen LogP contribution in [0.3, 0.4) is 0 Å². The van der Waals surface area contributed by atoms with Gasteiger partial charge in [0.1, 0.15) is 0 Å². The van der Waals surface area contributed by atoms with Crippen molar-refractivity contribution in [3.63, 3.8) is 0 Å². The molecule has 0 N–H and O–H groups in total. The van der Waals surface area contributed by atoms with E-state index < -0.39 is 10.0 Å². The normalized spacial score (nSPS) is 18.1. The summed E-state index contributed by atoms with van der Waals surface area (Å²) in [4.78, 5) is 28.7. The summed E-state index contributed by atoms with van der Waals surface area (Å²) in [5.41, 5.74) is 2.59. The van der Waals surface area contributed by atoms with Crippen molar-refractivity contribution in [2.24, 2.45) is 0 Å². The Hall–Kier alpha value is -2.71. The van der Waals surface area contributed by atoms with Crippen molar-refractivity contribution >= 4 is 21.8 Å². The Balaban J connectivity index is 1.39. The van der Waals surface area contributed by atoms with E-state index in [1.807, 2.05) is 24.0 Å². The average Bonchev–Trinajstić information content (AvgIpc) is 3.03. The standard InChI is InChI=1S/C24H29N3O4S/c1-19-5-11-22(12-6-19)32(30,31)27-15-3-14-25(16-17-27)24(29)21-9-7-20(8-10-21)18-26-13-2-4-23(26)28/h5-12H,2-4,13-18H2,1H3. The minimum atomic E-state index is -3.57. The number of hydrogen-bond acceptors (Lipinski definition) is 4. The van der Waals surface area contributed by atoms with Crippen LogP contribution in [0.1, 0.15) is 40.7 Å². The van der Waals surface area contributed by atoms with Crippen molar-refractivity contribution in [3.8, 4) is 0 Å². The molecule has 2 fully saturated rings. The van der Waals surface area contributed by atoms with Gasteiger partial charge in [-0.25, -0.2) is 8.42 Å². The van der Waals surface area contributed by atoms with Crippen molar-refractivity contribution in [1.29, 1.82) is 0 Å². The Labute approximate surface area is 189 Å². The molecule has 7 nitrogen and oxygen atoms in total. The van der Waals surface area contributed by atoms with Crippen molar-refractivity contribution < 1.29 is 18.0 Å². The first-order valence-electron chi connectivity index (χ1n) is 11.1. The predicted octanol–water partition coefficient (Wildman–Crippen LogP) is 2.65. The van der Waals surface area contributed by atoms with Crippen LogP contribution in [-0.2, 0) is 21.4 Å². The number of hydrogen-bond donors (Lipinski definition) is 0. The lowest BCUT2D eigenvalue weighted by Gasteiger charge is -2.22.